The second kappa shape index (κ2) is 4.71. The lowest BCUT2D eigenvalue weighted by atomic mass is 10.1. The second-order valence-corrected chi connectivity index (χ2v) is 3.48. The highest BCUT2D eigenvalue weighted by atomic mass is 19.4. The Morgan fingerprint density at radius 2 is 1.84 bits per heavy atom. The molecule has 0 saturated carbocycles. The molecule has 100 valence electrons. The summed E-state index contributed by atoms with van der Waals surface area (Å²) >= 11 is 0. The summed E-state index contributed by atoms with van der Waals surface area (Å²) in [5.41, 5.74) is 0.539. The minimum absolute atomic E-state index is 0.266. The third-order valence-electron chi connectivity index (χ3n) is 2.22. The van der Waals surface area contributed by atoms with Crippen molar-refractivity contribution in [2.45, 2.75) is 6.18 Å². The molecule has 19 heavy (non-hydrogen) atoms. The monoisotopic (exact) mass is 272 g/mol. The first-order valence-electron chi connectivity index (χ1n) is 5.01. The number of aromatic nitrogens is 2. The molecular formula is C11H7F3N2O3. The van der Waals surface area contributed by atoms with Crippen molar-refractivity contribution in [3.63, 3.8) is 0 Å². The van der Waals surface area contributed by atoms with Gasteiger partial charge in [-0.25, -0.2) is 4.79 Å². The van der Waals surface area contributed by atoms with E-state index >= 15 is 0 Å². The number of methoxy groups -OCH3 is 1. The van der Waals surface area contributed by atoms with Crippen molar-refractivity contribution in [2.24, 2.45) is 0 Å². The Morgan fingerprint density at radius 1 is 1.21 bits per heavy atom. The van der Waals surface area contributed by atoms with Gasteiger partial charge >= 0.3 is 18.0 Å². The van der Waals surface area contributed by atoms with Gasteiger partial charge in [0.05, 0.1) is 12.7 Å². The van der Waals surface area contributed by atoms with Crippen LogP contribution in [0.1, 0.15) is 16.2 Å². The topological polar surface area (TPSA) is 65.2 Å². The Kier molecular flexibility index (Phi) is 3.24. The summed E-state index contributed by atoms with van der Waals surface area (Å²) in [5, 5.41) is 6.20. The van der Waals surface area contributed by atoms with E-state index in [1.54, 1.807) is 0 Å². The third-order valence-corrected chi connectivity index (χ3v) is 2.22. The minimum atomic E-state index is -4.68. The molecule has 0 aliphatic rings. The van der Waals surface area contributed by atoms with Crippen LogP contribution < -0.4 is 0 Å². The summed E-state index contributed by atoms with van der Waals surface area (Å²) in [4.78, 5) is 11.2. The molecule has 2 aromatic rings. The molecule has 1 heterocycles. The van der Waals surface area contributed by atoms with Gasteiger partial charge in [-0.05, 0) is 24.3 Å². The number of rotatable bonds is 2. The van der Waals surface area contributed by atoms with Gasteiger partial charge in [0.1, 0.15) is 0 Å². The summed E-state index contributed by atoms with van der Waals surface area (Å²) in [5.74, 6) is -2.24. The van der Waals surface area contributed by atoms with Crippen LogP contribution in [0.5, 0.6) is 0 Å². The number of benzene rings is 1. The van der Waals surface area contributed by atoms with Crippen LogP contribution in [0.3, 0.4) is 0 Å². The molecule has 0 saturated heterocycles. The first-order valence-corrected chi connectivity index (χ1v) is 5.01. The number of alkyl halides is 3. The summed E-state index contributed by atoms with van der Waals surface area (Å²) in [6.45, 7) is 0. The maximum Gasteiger partial charge on any atom is 0.470 e. The van der Waals surface area contributed by atoms with Crippen LogP contribution in [0.15, 0.2) is 28.7 Å². The molecule has 0 spiro atoms. The van der Waals surface area contributed by atoms with E-state index in [-0.39, 0.29) is 17.0 Å². The molecule has 1 aromatic heterocycles. The van der Waals surface area contributed by atoms with Gasteiger partial charge in [-0.3, -0.25) is 0 Å². The van der Waals surface area contributed by atoms with Crippen LogP contribution >= 0.6 is 0 Å². The van der Waals surface area contributed by atoms with E-state index < -0.39 is 18.0 Å². The molecule has 0 atom stereocenters. The van der Waals surface area contributed by atoms with Gasteiger partial charge in [-0.2, -0.15) is 13.2 Å². The van der Waals surface area contributed by atoms with Gasteiger partial charge in [0, 0.05) is 5.56 Å². The summed E-state index contributed by atoms with van der Waals surface area (Å²) in [6, 6.07) is 5.55. The quantitative estimate of drug-likeness (QED) is 0.786. The van der Waals surface area contributed by atoms with Gasteiger partial charge < -0.3 is 9.15 Å². The fourth-order valence-corrected chi connectivity index (χ4v) is 1.32. The SMILES string of the molecule is COC(=O)c1ccc(-c2nnc(C(F)(F)F)o2)cc1. The predicted octanol–water partition coefficient (Wildman–Crippen LogP) is 2.54. The van der Waals surface area contributed by atoms with Gasteiger partial charge in [0.15, 0.2) is 0 Å². The molecule has 5 nitrogen and oxygen atoms in total. The minimum Gasteiger partial charge on any atom is -0.465 e. The standard InChI is InChI=1S/C11H7F3N2O3/c1-18-9(17)7-4-2-6(3-5-7)8-15-16-10(19-8)11(12,13)14/h2-5H,1H3. The smallest absolute Gasteiger partial charge is 0.465 e. The zero-order valence-electron chi connectivity index (χ0n) is 9.56. The zero-order valence-corrected chi connectivity index (χ0v) is 9.56. The first kappa shape index (κ1) is 13.1. The Bertz CT molecular complexity index is 590. The number of hydrogen-bond acceptors (Lipinski definition) is 5. The Hall–Kier alpha value is -2.38. The molecule has 2 rings (SSSR count). The largest absolute Gasteiger partial charge is 0.470 e. The van der Waals surface area contributed by atoms with E-state index in [9.17, 15) is 18.0 Å². The van der Waals surface area contributed by atoms with Crippen LogP contribution in [0.25, 0.3) is 11.5 Å². The molecule has 0 N–H and O–H groups in total. The molecule has 8 heteroatoms. The van der Waals surface area contributed by atoms with E-state index in [4.69, 9.17) is 0 Å². The van der Waals surface area contributed by atoms with Crippen molar-refractivity contribution in [3.05, 3.63) is 35.7 Å². The Balaban J connectivity index is 2.28. The normalized spacial score (nSPS) is 11.4. The van der Waals surface area contributed by atoms with Crippen molar-refractivity contribution < 1.29 is 27.1 Å². The van der Waals surface area contributed by atoms with Crippen LogP contribution in [0.4, 0.5) is 13.2 Å². The van der Waals surface area contributed by atoms with Crippen LogP contribution in [-0.4, -0.2) is 23.3 Å². The highest BCUT2D eigenvalue weighted by Gasteiger charge is 2.38. The number of esters is 1. The number of ether oxygens (including phenoxy) is 1. The summed E-state index contributed by atoms with van der Waals surface area (Å²) in [7, 11) is 1.23. The number of hydrogen-bond donors (Lipinski definition) is 0. The van der Waals surface area contributed by atoms with Crippen molar-refractivity contribution in [1.29, 1.82) is 0 Å². The van der Waals surface area contributed by atoms with Gasteiger partial charge in [-0.1, -0.05) is 0 Å². The first-order chi connectivity index (χ1) is 8.91. The number of carbonyl (C=O) groups is 1. The molecule has 0 aliphatic heterocycles. The lowest BCUT2D eigenvalue weighted by molar-refractivity contribution is -0.156. The molecule has 0 unspecified atom stereocenters. The van der Waals surface area contributed by atoms with Crippen molar-refractivity contribution >= 4 is 5.97 Å². The van der Waals surface area contributed by atoms with Crippen LogP contribution in [0.2, 0.25) is 0 Å². The number of carbonyl (C=O) groups excluding carboxylic acids is 1. The predicted molar refractivity (Wildman–Crippen MR) is 56.1 cm³/mol. The van der Waals surface area contributed by atoms with Crippen molar-refractivity contribution in [2.75, 3.05) is 7.11 Å². The molecule has 0 fully saturated rings. The zero-order chi connectivity index (χ0) is 14.0. The van der Waals surface area contributed by atoms with Crippen molar-refractivity contribution in [3.8, 4) is 11.5 Å². The fourth-order valence-electron chi connectivity index (χ4n) is 1.32. The Morgan fingerprint density at radius 3 is 2.32 bits per heavy atom. The van der Waals surface area contributed by atoms with Crippen LogP contribution in [0, 0.1) is 0 Å². The molecule has 0 radical (unpaired) electrons. The van der Waals surface area contributed by atoms with Crippen molar-refractivity contribution in [1.82, 2.24) is 10.2 Å². The molecular weight excluding hydrogens is 265 g/mol. The van der Waals surface area contributed by atoms with Gasteiger partial charge in [0.2, 0.25) is 5.89 Å². The molecule has 0 bridgehead atoms. The third kappa shape index (κ3) is 2.72. The van der Waals surface area contributed by atoms with E-state index in [1.807, 2.05) is 0 Å². The Labute approximate surface area is 105 Å². The number of nitrogens with zero attached hydrogens (tertiary/aromatic N) is 2. The number of halogens is 3. The highest BCUT2D eigenvalue weighted by Crippen LogP contribution is 2.30. The highest BCUT2D eigenvalue weighted by molar-refractivity contribution is 5.89. The molecule has 0 amide bonds. The maximum atomic E-state index is 12.3. The average molecular weight is 272 g/mol. The van der Waals surface area contributed by atoms with E-state index in [0.717, 1.165) is 0 Å². The lowest BCUT2D eigenvalue weighted by Gasteiger charge is -2.00. The fraction of sp³-hybridized carbons (Fsp3) is 0.182. The van der Waals surface area contributed by atoms with Crippen LogP contribution in [-0.2, 0) is 10.9 Å². The van der Waals surface area contributed by atoms with Gasteiger partial charge in [-0.15, -0.1) is 10.2 Å². The summed E-state index contributed by atoms with van der Waals surface area (Å²) in [6.07, 6.45) is -4.68. The van der Waals surface area contributed by atoms with E-state index in [0.29, 0.717) is 0 Å². The van der Waals surface area contributed by atoms with E-state index in [1.165, 1.54) is 31.4 Å². The molecule has 1 aromatic carbocycles. The molecule has 0 aliphatic carbocycles. The maximum absolute atomic E-state index is 12.3. The second-order valence-electron chi connectivity index (χ2n) is 3.48. The van der Waals surface area contributed by atoms with Gasteiger partial charge in [0.25, 0.3) is 0 Å². The van der Waals surface area contributed by atoms with E-state index in [2.05, 4.69) is 19.4 Å². The summed E-state index contributed by atoms with van der Waals surface area (Å²) < 4.78 is 45.8. The average Bonchev–Trinajstić information content (AvgIpc) is 2.87. The lowest BCUT2D eigenvalue weighted by Crippen LogP contribution is -2.04.